The summed E-state index contributed by atoms with van der Waals surface area (Å²) in [6.45, 7) is 10.1. The van der Waals surface area contributed by atoms with Gasteiger partial charge in [0.2, 0.25) is 0 Å². The molecule has 0 saturated carbocycles. The lowest BCUT2D eigenvalue weighted by Gasteiger charge is -2.10. The fraction of sp³-hybridized carbons (Fsp3) is 0.286. The van der Waals surface area contributed by atoms with Gasteiger partial charge in [-0.3, -0.25) is 4.40 Å². The van der Waals surface area contributed by atoms with Crippen molar-refractivity contribution in [2.24, 2.45) is 0 Å². The molecule has 1 N–H and O–H groups in total. The van der Waals surface area contributed by atoms with Gasteiger partial charge < -0.3 is 10.1 Å². The van der Waals surface area contributed by atoms with E-state index >= 15 is 0 Å². The highest BCUT2D eigenvalue weighted by molar-refractivity contribution is 5.65. The third-order valence-corrected chi connectivity index (χ3v) is 3.87. The maximum atomic E-state index is 12.3. The Morgan fingerprint density at radius 2 is 2.14 bits per heavy atom. The van der Waals surface area contributed by atoms with Crippen LogP contribution < -0.4 is 5.32 Å². The van der Waals surface area contributed by atoms with E-state index in [1.165, 1.54) is 24.3 Å². The summed E-state index contributed by atoms with van der Waals surface area (Å²) in [4.78, 5) is 4.64. The quantitative estimate of drug-likeness (QED) is 0.489. The molecule has 0 aliphatic heterocycles. The molecule has 7 heteroatoms. The summed E-state index contributed by atoms with van der Waals surface area (Å²) in [6.07, 6.45) is 5.16. The Morgan fingerprint density at radius 3 is 2.79 bits per heavy atom. The Balaban J connectivity index is 2.07. The number of hydrogen-bond acceptors (Lipinski definition) is 3. The molecule has 2 rings (SSSR count). The van der Waals surface area contributed by atoms with Crippen LogP contribution >= 0.6 is 0 Å². The van der Waals surface area contributed by atoms with Gasteiger partial charge in [0.05, 0.1) is 17.1 Å². The van der Waals surface area contributed by atoms with E-state index in [1.54, 1.807) is 13.0 Å². The highest BCUT2D eigenvalue weighted by Gasteiger charge is 2.31. The van der Waals surface area contributed by atoms with Gasteiger partial charge in [-0.15, -0.1) is 13.2 Å². The molecule has 150 valence electrons. The molecule has 0 atom stereocenters. The zero-order valence-electron chi connectivity index (χ0n) is 16.2. The average molecular weight is 391 g/mol. The lowest BCUT2D eigenvalue weighted by molar-refractivity contribution is -0.303. The lowest BCUT2D eigenvalue weighted by Crippen LogP contribution is -2.14. The number of fused-ring (bicyclic) bond motifs is 1. The monoisotopic (exact) mass is 391 g/mol. The van der Waals surface area contributed by atoms with E-state index in [2.05, 4.69) is 21.6 Å². The van der Waals surface area contributed by atoms with Gasteiger partial charge in [0.15, 0.2) is 0 Å². The average Bonchev–Trinajstić information content (AvgIpc) is 2.97. The predicted octanol–water partition coefficient (Wildman–Crippen LogP) is 5.32. The van der Waals surface area contributed by atoms with Gasteiger partial charge in [0.25, 0.3) is 0 Å². The number of allylic oxidation sites excluding steroid dienone is 4. The molecule has 0 aliphatic carbocycles. The van der Waals surface area contributed by atoms with Gasteiger partial charge in [-0.25, -0.2) is 4.98 Å². The number of halogens is 3. The molecular weight excluding hydrogens is 367 g/mol. The molecule has 0 unspecified atom stereocenters. The van der Waals surface area contributed by atoms with Crippen molar-refractivity contribution >= 4 is 11.3 Å². The molecule has 28 heavy (non-hydrogen) atoms. The predicted molar refractivity (Wildman–Crippen MR) is 106 cm³/mol. The fourth-order valence-corrected chi connectivity index (χ4v) is 2.68. The van der Waals surface area contributed by atoms with E-state index in [0.717, 1.165) is 29.0 Å². The molecule has 2 aromatic rings. The van der Waals surface area contributed by atoms with E-state index in [1.807, 2.05) is 36.6 Å². The van der Waals surface area contributed by atoms with Gasteiger partial charge in [-0.05, 0) is 50.1 Å². The van der Waals surface area contributed by atoms with E-state index in [4.69, 9.17) is 0 Å². The Kier molecular flexibility index (Phi) is 7.09. The van der Waals surface area contributed by atoms with E-state index in [9.17, 15) is 13.2 Å². The minimum absolute atomic E-state index is 0.282. The number of pyridine rings is 1. The maximum Gasteiger partial charge on any atom is 0.573 e. The first kappa shape index (κ1) is 21.3. The standard InChI is InChI=1S/C21H24F3N3O/c1-5-9-17(28-21(22,23)24)10-7-8-12-25-16(4)20-18(6-2)26-19-14-15(3)11-13-27(19)20/h5,7-11,13-14,25H,4,6,12H2,1-3H3/b8-7+,9-5-,17-10+. The highest BCUT2D eigenvalue weighted by Crippen LogP contribution is 2.22. The Morgan fingerprint density at radius 1 is 1.39 bits per heavy atom. The topological polar surface area (TPSA) is 38.6 Å². The van der Waals surface area contributed by atoms with Crippen LogP contribution in [0.15, 0.2) is 61.0 Å². The van der Waals surface area contributed by atoms with Crippen molar-refractivity contribution in [1.29, 1.82) is 0 Å². The van der Waals surface area contributed by atoms with Crippen LogP contribution in [-0.4, -0.2) is 22.3 Å². The van der Waals surface area contributed by atoms with Crippen molar-refractivity contribution in [3.63, 3.8) is 0 Å². The summed E-state index contributed by atoms with van der Waals surface area (Å²) < 4.78 is 42.9. The normalized spacial score (nSPS) is 13.0. The van der Waals surface area contributed by atoms with Crippen molar-refractivity contribution in [2.45, 2.75) is 33.6 Å². The number of rotatable bonds is 8. The van der Waals surface area contributed by atoms with E-state index in [0.29, 0.717) is 12.2 Å². The molecule has 0 amide bonds. The van der Waals surface area contributed by atoms with E-state index < -0.39 is 6.36 Å². The van der Waals surface area contributed by atoms with Crippen molar-refractivity contribution in [3.05, 3.63) is 78.0 Å². The molecular formula is C21H24F3N3O. The summed E-state index contributed by atoms with van der Waals surface area (Å²) >= 11 is 0. The van der Waals surface area contributed by atoms with Crippen LogP contribution in [0.3, 0.4) is 0 Å². The first-order valence-electron chi connectivity index (χ1n) is 8.91. The summed E-state index contributed by atoms with van der Waals surface area (Å²) in [5.41, 5.74) is 4.51. The molecule has 4 nitrogen and oxygen atoms in total. The SMILES string of the molecule is C=C(NC/C=C/C=C(\C=C/C)OC(F)(F)F)c1c(CC)nc2cc(C)ccn12. The van der Waals surface area contributed by atoms with E-state index in [-0.39, 0.29) is 5.76 Å². The van der Waals surface area contributed by atoms with Crippen molar-refractivity contribution in [3.8, 4) is 0 Å². The minimum atomic E-state index is -4.72. The molecule has 0 fully saturated rings. The van der Waals surface area contributed by atoms with Gasteiger partial charge in [-0.1, -0.05) is 31.7 Å². The second kappa shape index (κ2) is 9.30. The van der Waals surface area contributed by atoms with Crippen molar-refractivity contribution in [1.82, 2.24) is 14.7 Å². The molecule has 0 aromatic carbocycles. The number of alkyl halides is 3. The minimum Gasteiger partial charge on any atom is -0.406 e. The van der Waals surface area contributed by atoms with Crippen LogP contribution in [0.2, 0.25) is 0 Å². The number of hydrogen-bond donors (Lipinski definition) is 1. The highest BCUT2D eigenvalue weighted by atomic mass is 19.4. The van der Waals surface area contributed by atoms with Crippen LogP contribution in [0.25, 0.3) is 11.3 Å². The fourth-order valence-electron chi connectivity index (χ4n) is 2.68. The largest absolute Gasteiger partial charge is 0.573 e. The number of aryl methyl sites for hydroxylation is 2. The molecule has 0 radical (unpaired) electrons. The molecule has 0 aliphatic rings. The van der Waals surface area contributed by atoms with Gasteiger partial charge in [0.1, 0.15) is 11.4 Å². The molecule has 0 saturated heterocycles. The van der Waals surface area contributed by atoms with Gasteiger partial charge >= 0.3 is 6.36 Å². The first-order valence-corrected chi connectivity index (χ1v) is 8.91. The number of nitrogens with one attached hydrogen (secondary N) is 1. The molecule has 2 aromatic heterocycles. The summed E-state index contributed by atoms with van der Waals surface area (Å²) in [6, 6.07) is 4.00. The maximum absolute atomic E-state index is 12.3. The Hall–Kier alpha value is -2.96. The molecule has 0 spiro atoms. The molecule has 2 heterocycles. The van der Waals surface area contributed by atoms with Crippen LogP contribution in [0.5, 0.6) is 0 Å². The Labute approximate surface area is 162 Å². The summed E-state index contributed by atoms with van der Waals surface area (Å²) in [5, 5.41) is 3.17. The second-order valence-electron chi connectivity index (χ2n) is 6.10. The number of aromatic nitrogens is 2. The van der Waals surface area contributed by atoms with Gasteiger partial charge in [-0.2, -0.15) is 0 Å². The summed E-state index contributed by atoms with van der Waals surface area (Å²) in [5.74, 6) is -0.282. The zero-order valence-corrected chi connectivity index (χ0v) is 16.2. The van der Waals surface area contributed by atoms with Gasteiger partial charge in [0, 0.05) is 12.7 Å². The third-order valence-electron chi connectivity index (χ3n) is 3.87. The van der Waals surface area contributed by atoms with Crippen LogP contribution in [0, 0.1) is 6.92 Å². The third kappa shape index (κ3) is 5.77. The zero-order chi connectivity index (χ0) is 20.7. The first-order chi connectivity index (χ1) is 13.2. The van der Waals surface area contributed by atoms with Crippen LogP contribution in [0.4, 0.5) is 13.2 Å². The van der Waals surface area contributed by atoms with Crippen LogP contribution in [0.1, 0.15) is 30.8 Å². The Bertz CT molecular complexity index is 921. The van der Waals surface area contributed by atoms with Crippen LogP contribution in [-0.2, 0) is 11.2 Å². The van der Waals surface area contributed by atoms with Crippen molar-refractivity contribution in [2.75, 3.05) is 6.54 Å². The number of nitrogens with zero attached hydrogens (tertiary/aromatic N) is 2. The second-order valence-corrected chi connectivity index (χ2v) is 6.10. The lowest BCUT2D eigenvalue weighted by atomic mass is 10.2. The number of ether oxygens (including phenoxy) is 1. The number of imidazole rings is 1. The summed E-state index contributed by atoms with van der Waals surface area (Å²) in [7, 11) is 0. The van der Waals surface area contributed by atoms with Crippen molar-refractivity contribution < 1.29 is 17.9 Å². The molecule has 0 bridgehead atoms. The smallest absolute Gasteiger partial charge is 0.406 e.